The van der Waals surface area contributed by atoms with Crippen LogP contribution in [-0.2, 0) is 19.7 Å². The van der Waals surface area contributed by atoms with Crippen molar-refractivity contribution in [2.75, 3.05) is 32.9 Å². The lowest BCUT2D eigenvalue weighted by molar-refractivity contribution is -0.140. The highest BCUT2D eigenvalue weighted by Gasteiger charge is 2.44. The van der Waals surface area contributed by atoms with Crippen molar-refractivity contribution in [1.82, 2.24) is 4.90 Å². The van der Waals surface area contributed by atoms with Crippen molar-refractivity contribution in [2.45, 2.75) is 44.1 Å². The molecule has 0 saturated carbocycles. The van der Waals surface area contributed by atoms with Crippen molar-refractivity contribution in [2.24, 2.45) is 0 Å². The fourth-order valence-corrected chi connectivity index (χ4v) is 4.12. The summed E-state index contributed by atoms with van der Waals surface area (Å²) in [5.41, 5.74) is 0.759. The molecule has 1 amide bonds. The molecular weight excluding hydrogens is 342 g/mol. The lowest BCUT2D eigenvalue weighted by Crippen LogP contribution is -2.48. The van der Waals surface area contributed by atoms with E-state index in [1.54, 1.807) is 0 Å². The minimum Gasteiger partial charge on any atom is -0.412 e. The summed E-state index contributed by atoms with van der Waals surface area (Å²) in [7, 11) is 0. The summed E-state index contributed by atoms with van der Waals surface area (Å²) in [5.74, 6) is 0.214. The number of nitrogens with zero attached hydrogens (tertiary/aromatic N) is 1. The van der Waals surface area contributed by atoms with Gasteiger partial charge >= 0.3 is 0 Å². The van der Waals surface area contributed by atoms with Crippen LogP contribution in [0.1, 0.15) is 38.7 Å². The molecule has 1 atom stereocenters. The molecule has 5 nitrogen and oxygen atoms in total. The largest absolute Gasteiger partial charge is 0.412 e. The Kier molecular flexibility index (Phi) is 6.49. The van der Waals surface area contributed by atoms with E-state index in [2.05, 4.69) is 26.0 Å². The number of amides is 1. The van der Waals surface area contributed by atoms with Crippen molar-refractivity contribution in [3.05, 3.63) is 34.9 Å². The van der Waals surface area contributed by atoms with E-state index >= 15 is 0 Å². The van der Waals surface area contributed by atoms with Gasteiger partial charge in [-0.05, 0) is 44.4 Å². The van der Waals surface area contributed by atoms with Crippen molar-refractivity contribution in [1.29, 1.82) is 0 Å². The predicted molar refractivity (Wildman–Crippen MR) is 98.0 cm³/mol. The van der Waals surface area contributed by atoms with Gasteiger partial charge in [0, 0.05) is 36.6 Å². The van der Waals surface area contributed by atoms with Crippen LogP contribution in [0.15, 0.2) is 24.3 Å². The van der Waals surface area contributed by atoms with Gasteiger partial charge < -0.3 is 19.8 Å². The van der Waals surface area contributed by atoms with Gasteiger partial charge in [0.05, 0.1) is 18.8 Å². The predicted octanol–water partition coefficient (Wildman–Crippen LogP) is 2.59. The highest BCUT2D eigenvalue weighted by atomic mass is 35.5. The summed E-state index contributed by atoms with van der Waals surface area (Å²) >= 11 is 6.07. The summed E-state index contributed by atoms with van der Waals surface area (Å²) in [5, 5.41) is 0.722. The Labute approximate surface area is 154 Å². The lowest BCUT2D eigenvalue weighted by Gasteiger charge is -2.46. The highest BCUT2D eigenvalue weighted by molar-refractivity contribution is 6.30. The SMILES string of the molecule is CC1(C)CC(CC(=O)N2CCOCC2)(c2ccc(Cl)cc2)CCO1.O. The van der Waals surface area contributed by atoms with E-state index in [4.69, 9.17) is 21.1 Å². The van der Waals surface area contributed by atoms with Crippen LogP contribution in [0.4, 0.5) is 0 Å². The van der Waals surface area contributed by atoms with E-state index in [0.29, 0.717) is 39.3 Å². The number of morpholine rings is 1. The van der Waals surface area contributed by atoms with Crippen LogP contribution >= 0.6 is 11.6 Å². The summed E-state index contributed by atoms with van der Waals surface area (Å²) < 4.78 is 11.3. The van der Waals surface area contributed by atoms with Gasteiger partial charge in [-0.15, -0.1) is 0 Å². The molecule has 0 radical (unpaired) electrons. The molecule has 0 aliphatic carbocycles. The van der Waals surface area contributed by atoms with Gasteiger partial charge in [-0.3, -0.25) is 4.79 Å². The quantitative estimate of drug-likeness (QED) is 0.822. The number of benzene rings is 1. The molecule has 2 aliphatic heterocycles. The van der Waals surface area contributed by atoms with E-state index in [0.717, 1.165) is 17.9 Å². The molecule has 2 heterocycles. The minimum absolute atomic E-state index is 0. The Hall–Kier alpha value is -1.14. The highest BCUT2D eigenvalue weighted by Crippen LogP contribution is 2.44. The van der Waals surface area contributed by atoms with Gasteiger partial charge in [0.25, 0.3) is 0 Å². The average molecular weight is 370 g/mol. The zero-order valence-electron chi connectivity index (χ0n) is 15.0. The molecule has 2 fully saturated rings. The monoisotopic (exact) mass is 369 g/mol. The first-order valence-corrected chi connectivity index (χ1v) is 9.04. The zero-order valence-corrected chi connectivity index (χ0v) is 15.8. The number of hydrogen-bond acceptors (Lipinski definition) is 3. The van der Waals surface area contributed by atoms with Crippen molar-refractivity contribution in [3.63, 3.8) is 0 Å². The molecule has 140 valence electrons. The number of carbonyl (C=O) groups is 1. The van der Waals surface area contributed by atoms with Crippen LogP contribution in [-0.4, -0.2) is 54.8 Å². The molecule has 2 N–H and O–H groups in total. The Balaban J connectivity index is 0.00000225. The first-order chi connectivity index (χ1) is 11.4. The van der Waals surface area contributed by atoms with Crippen LogP contribution < -0.4 is 0 Å². The standard InChI is InChI=1S/C19H26ClNO3.H2O/c1-18(2)14-19(7-10-24-18,15-3-5-16(20)6-4-15)13-17(22)21-8-11-23-12-9-21;/h3-6H,7-14H2,1-2H3;1H2. The molecular formula is C19H28ClNO4. The van der Waals surface area contributed by atoms with Crippen LogP contribution in [0.2, 0.25) is 5.02 Å². The molecule has 3 rings (SSSR count). The van der Waals surface area contributed by atoms with Crippen LogP contribution in [0, 0.1) is 0 Å². The lowest BCUT2D eigenvalue weighted by atomic mass is 9.67. The van der Waals surface area contributed by atoms with Gasteiger partial charge in [-0.25, -0.2) is 0 Å². The first kappa shape index (κ1) is 20.2. The molecule has 1 unspecified atom stereocenters. The van der Waals surface area contributed by atoms with Gasteiger partial charge in [-0.2, -0.15) is 0 Å². The molecule has 0 spiro atoms. The number of carbonyl (C=O) groups excluding carboxylic acids is 1. The summed E-state index contributed by atoms with van der Waals surface area (Å²) in [6.07, 6.45) is 2.20. The van der Waals surface area contributed by atoms with Gasteiger partial charge in [0.1, 0.15) is 0 Å². The maximum Gasteiger partial charge on any atom is 0.223 e. The molecule has 0 bridgehead atoms. The van der Waals surface area contributed by atoms with E-state index in [1.165, 1.54) is 5.56 Å². The number of hydrogen-bond donors (Lipinski definition) is 0. The maximum absolute atomic E-state index is 12.9. The van der Waals surface area contributed by atoms with E-state index < -0.39 is 0 Å². The maximum atomic E-state index is 12.9. The molecule has 2 aliphatic rings. The molecule has 1 aromatic rings. The van der Waals surface area contributed by atoms with Crippen LogP contribution in [0.25, 0.3) is 0 Å². The van der Waals surface area contributed by atoms with Crippen molar-refractivity contribution >= 4 is 17.5 Å². The Morgan fingerprint density at radius 1 is 1.16 bits per heavy atom. The van der Waals surface area contributed by atoms with E-state index in [9.17, 15) is 4.79 Å². The van der Waals surface area contributed by atoms with Crippen molar-refractivity contribution in [3.8, 4) is 0 Å². The van der Waals surface area contributed by atoms with E-state index in [-0.39, 0.29) is 22.4 Å². The third kappa shape index (κ3) is 4.73. The fraction of sp³-hybridized carbons (Fsp3) is 0.632. The van der Waals surface area contributed by atoms with Gasteiger partial charge in [0.2, 0.25) is 5.91 Å². The Bertz CT molecular complexity index is 584. The zero-order chi connectivity index (χ0) is 17.2. The topological polar surface area (TPSA) is 70.3 Å². The van der Waals surface area contributed by atoms with Crippen LogP contribution in [0.3, 0.4) is 0 Å². The third-order valence-electron chi connectivity index (χ3n) is 5.15. The minimum atomic E-state index is -0.233. The normalized spacial score (nSPS) is 26.0. The average Bonchev–Trinajstić information content (AvgIpc) is 2.55. The number of ether oxygens (including phenoxy) is 2. The number of halogens is 1. The van der Waals surface area contributed by atoms with E-state index in [1.807, 2.05) is 17.0 Å². The Morgan fingerprint density at radius 3 is 2.40 bits per heavy atom. The molecule has 1 aromatic carbocycles. The number of rotatable bonds is 3. The van der Waals surface area contributed by atoms with Gasteiger partial charge in [0.15, 0.2) is 0 Å². The third-order valence-corrected chi connectivity index (χ3v) is 5.40. The molecule has 0 aromatic heterocycles. The Morgan fingerprint density at radius 2 is 1.80 bits per heavy atom. The summed E-state index contributed by atoms with van der Waals surface area (Å²) in [4.78, 5) is 14.9. The molecule has 25 heavy (non-hydrogen) atoms. The summed E-state index contributed by atoms with van der Waals surface area (Å²) in [6, 6.07) is 7.97. The second-order valence-corrected chi connectivity index (χ2v) is 7.93. The molecule has 6 heteroatoms. The molecule has 2 saturated heterocycles. The van der Waals surface area contributed by atoms with Crippen LogP contribution in [0.5, 0.6) is 0 Å². The first-order valence-electron chi connectivity index (χ1n) is 8.66. The van der Waals surface area contributed by atoms with Crippen molar-refractivity contribution < 1.29 is 19.7 Å². The summed E-state index contributed by atoms with van der Waals surface area (Å²) in [6.45, 7) is 7.53. The fourth-order valence-electron chi connectivity index (χ4n) is 3.99. The van der Waals surface area contributed by atoms with Gasteiger partial charge in [-0.1, -0.05) is 23.7 Å². The smallest absolute Gasteiger partial charge is 0.223 e. The second-order valence-electron chi connectivity index (χ2n) is 7.49. The second kappa shape index (κ2) is 8.04.